The summed E-state index contributed by atoms with van der Waals surface area (Å²) in [6, 6.07) is 7.56. The van der Waals surface area contributed by atoms with Crippen LogP contribution in [0.2, 0.25) is 0 Å². The van der Waals surface area contributed by atoms with Crippen molar-refractivity contribution in [1.29, 1.82) is 0 Å². The van der Waals surface area contributed by atoms with E-state index in [2.05, 4.69) is 0 Å². The van der Waals surface area contributed by atoms with E-state index in [-0.39, 0.29) is 0 Å². The Morgan fingerprint density at radius 2 is 1.85 bits per heavy atom. The van der Waals surface area contributed by atoms with Crippen LogP contribution in [0.25, 0.3) is 0 Å². The Hall–Kier alpha value is -1.13. The van der Waals surface area contributed by atoms with Crippen molar-refractivity contribution in [1.82, 2.24) is 0 Å². The Morgan fingerprint density at radius 1 is 1.15 bits per heavy atom. The van der Waals surface area contributed by atoms with Crippen LogP contribution in [0.1, 0.15) is 37.7 Å². The second kappa shape index (κ2) is 8.22. The van der Waals surface area contributed by atoms with Crippen molar-refractivity contribution in [3.8, 4) is 5.75 Å². The molecule has 0 aliphatic heterocycles. The van der Waals surface area contributed by atoms with Crippen LogP contribution < -0.4 is 10.5 Å². The Balaban J connectivity index is 1.55. The van der Waals surface area contributed by atoms with Gasteiger partial charge >= 0.3 is 0 Å². The van der Waals surface area contributed by atoms with Crippen LogP contribution in [0.4, 0.5) is 0 Å². The molecule has 1 aliphatic carbocycles. The van der Waals surface area contributed by atoms with E-state index >= 15 is 0 Å². The molecule has 1 saturated carbocycles. The largest absolute Gasteiger partial charge is 0.494 e. The van der Waals surface area contributed by atoms with Crippen LogP contribution in [0.15, 0.2) is 24.3 Å². The van der Waals surface area contributed by atoms with E-state index in [9.17, 15) is 0 Å². The zero-order valence-corrected chi connectivity index (χ0v) is 12.7. The van der Waals surface area contributed by atoms with Gasteiger partial charge in [0.1, 0.15) is 10.7 Å². The molecule has 0 radical (unpaired) electrons. The van der Waals surface area contributed by atoms with E-state index < -0.39 is 0 Å². The smallest absolute Gasteiger partial charge is 0.119 e. The maximum atomic E-state index is 5.69. The molecule has 0 heterocycles. The molecule has 0 amide bonds. The van der Waals surface area contributed by atoms with E-state index in [0.717, 1.165) is 36.9 Å². The Labute approximate surface area is 126 Å². The summed E-state index contributed by atoms with van der Waals surface area (Å²) in [6.07, 6.45) is 6.35. The van der Waals surface area contributed by atoms with Crippen LogP contribution in [0.3, 0.4) is 0 Å². The van der Waals surface area contributed by atoms with E-state index in [0.29, 0.717) is 11.6 Å². The van der Waals surface area contributed by atoms with Crippen LogP contribution >= 0.6 is 12.2 Å². The van der Waals surface area contributed by atoms with Gasteiger partial charge in [0.05, 0.1) is 6.61 Å². The fourth-order valence-corrected chi connectivity index (χ4v) is 2.63. The van der Waals surface area contributed by atoms with Gasteiger partial charge in [-0.15, -0.1) is 0 Å². The van der Waals surface area contributed by atoms with Crippen molar-refractivity contribution in [2.24, 2.45) is 11.7 Å². The van der Waals surface area contributed by atoms with Gasteiger partial charge in [-0.1, -0.05) is 25.1 Å². The fraction of sp³-hybridized carbons (Fsp3) is 0.562. The van der Waals surface area contributed by atoms with Gasteiger partial charge in [0.15, 0.2) is 0 Å². The summed E-state index contributed by atoms with van der Waals surface area (Å²) in [6.45, 7) is 2.38. The van der Waals surface area contributed by atoms with E-state index in [1.54, 1.807) is 0 Å². The van der Waals surface area contributed by atoms with Crippen molar-refractivity contribution in [3.63, 3.8) is 0 Å². The number of nitrogens with two attached hydrogens (primary N) is 1. The van der Waals surface area contributed by atoms with Gasteiger partial charge in [-0.2, -0.15) is 0 Å². The Kier molecular flexibility index (Phi) is 6.27. The summed E-state index contributed by atoms with van der Waals surface area (Å²) in [5.41, 5.74) is 6.41. The monoisotopic (exact) mass is 293 g/mol. The molecule has 1 aliphatic rings. The normalized spacial score (nSPS) is 15.4. The predicted octanol–water partition coefficient (Wildman–Crippen LogP) is 3.30. The first-order chi connectivity index (χ1) is 9.75. The average Bonchev–Trinajstić information content (AvgIpc) is 2.96. The maximum absolute atomic E-state index is 5.69. The first-order valence-corrected chi connectivity index (χ1v) is 7.77. The average molecular weight is 293 g/mol. The van der Waals surface area contributed by atoms with E-state index in [1.807, 2.05) is 24.3 Å². The van der Waals surface area contributed by atoms with Crippen LogP contribution in [0, 0.1) is 5.92 Å². The van der Waals surface area contributed by atoms with Crippen molar-refractivity contribution in [2.75, 3.05) is 19.8 Å². The van der Waals surface area contributed by atoms with E-state index in [1.165, 1.54) is 25.7 Å². The summed E-state index contributed by atoms with van der Waals surface area (Å²) in [7, 11) is 0. The Morgan fingerprint density at radius 3 is 2.50 bits per heavy atom. The topological polar surface area (TPSA) is 44.5 Å². The van der Waals surface area contributed by atoms with Gasteiger partial charge < -0.3 is 15.2 Å². The van der Waals surface area contributed by atoms with Gasteiger partial charge in [-0.3, -0.25) is 0 Å². The van der Waals surface area contributed by atoms with Crippen molar-refractivity contribution in [2.45, 2.75) is 32.1 Å². The number of hydrogen-bond donors (Lipinski definition) is 1. The third kappa shape index (κ3) is 5.10. The van der Waals surface area contributed by atoms with Gasteiger partial charge in [-0.25, -0.2) is 0 Å². The number of thiocarbonyl (C=S) groups is 1. The molecule has 0 saturated heterocycles. The first kappa shape index (κ1) is 15.3. The summed E-state index contributed by atoms with van der Waals surface area (Å²) < 4.78 is 11.3. The molecule has 0 bridgehead atoms. The molecule has 3 nitrogen and oxygen atoms in total. The summed E-state index contributed by atoms with van der Waals surface area (Å²) in [4.78, 5) is 0.414. The zero-order valence-electron chi connectivity index (χ0n) is 11.8. The molecule has 2 N–H and O–H groups in total. The van der Waals surface area contributed by atoms with Gasteiger partial charge in [0.2, 0.25) is 0 Å². The second-order valence-corrected chi connectivity index (χ2v) is 5.76. The highest BCUT2D eigenvalue weighted by molar-refractivity contribution is 7.80. The maximum Gasteiger partial charge on any atom is 0.119 e. The lowest BCUT2D eigenvalue weighted by molar-refractivity contribution is 0.0906. The van der Waals surface area contributed by atoms with Crippen molar-refractivity contribution >= 4 is 17.2 Å². The molecule has 0 aromatic heterocycles. The molecule has 4 heteroatoms. The molecule has 1 aromatic rings. The highest BCUT2D eigenvalue weighted by atomic mass is 32.1. The standard InChI is InChI=1S/C16H23NO2S/c17-16(20)14-6-8-15(9-7-14)19-11-3-10-18-12-13-4-1-2-5-13/h6-9,13H,1-5,10-12H2,(H2,17,20). The minimum absolute atomic E-state index is 0.414. The number of benzene rings is 1. The molecule has 1 fully saturated rings. The lowest BCUT2D eigenvalue weighted by atomic mass is 10.1. The lowest BCUT2D eigenvalue weighted by Crippen LogP contribution is -2.10. The third-order valence-corrected chi connectivity index (χ3v) is 3.90. The fourth-order valence-electron chi connectivity index (χ4n) is 2.49. The Bertz CT molecular complexity index is 413. The molecular weight excluding hydrogens is 270 g/mol. The minimum Gasteiger partial charge on any atom is -0.494 e. The number of hydrogen-bond acceptors (Lipinski definition) is 3. The summed E-state index contributed by atoms with van der Waals surface area (Å²) >= 11 is 4.91. The quantitative estimate of drug-likeness (QED) is 0.590. The van der Waals surface area contributed by atoms with Crippen LogP contribution in [0.5, 0.6) is 5.75 Å². The highest BCUT2D eigenvalue weighted by Gasteiger charge is 2.14. The number of ether oxygens (including phenoxy) is 2. The first-order valence-electron chi connectivity index (χ1n) is 7.36. The van der Waals surface area contributed by atoms with E-state index in [4.69, 9.17) is 27.4 Å². The molecule has 110 valence electrons. The van der Waals surface area contributed by atoms with Crippen LogP contribution in [-0.4, -0.2) is 24.8 Å². The SMILES string of the molecule is NC(=S)c1ccc(OCCCOCC2CCCC2)cc1. The predicted molar refractivity (Wildman–Crippen MR) is 85.2 cm³/mol. The number of rotatable bonds is 8. The molecule has 20 heavy (non-hydrogen) atoms. The summed E-state index contributed by atoms with van der Waals surface area (Å²) in [5, 5.41) is 0. The zero-order chi connectivity index (χ0) is 14.2. The lowest BCUT2D eigenvalue weighted by Gasteiger charge is -2.10. The van der Waals surface area contributed by atoms with Gasteiger partial charge in [0.25, 0.3) is 0 Å². The molecule has 0 unspecified atom stereocenters. The highest BCUT2D eigenvalue weighted by Crippen LogP contribution is 2.24. The van der Waals surface area contributed by atoms with Gasteiger partial charge in [-0.05, 0) is 43.0 Å². The van der Waals surface area contributed by atoms with Gasteiger partial charge in [0, 0.05) is 25.2 Å². The molecule has 2 rings (SSSR count). The minimum atomic E-state index is 0.414. The van der Waals surface area contributed by atoms with Crippen LogP contribution in [-0.2, 0) is 4.74 Å². The molecule has 0 atom stereocenters. The molecular formula is C16H23NO2S. The third-order valence-electron chi connectivity index (χ3n) is 3.67. The summed E-state index contributed by atoms with van der Waals surface area (Å²) in [5.74, 6) is 1.64. The molecule has 1 aromatic carbocycles. The second-order valence-electron chi connectivity index (χ2n) is 5.32. The van der Waals surface area contributed by atoms with Crippen molar-refractivity contribution < 1.29 is 9.47 Å². The van der Waals surface area contributed by atoms with Crippen molar-refractivity contribution in [3.05, 3.63) is 29.8 Å². The molecule has 0 spiro atoms.